The molecule has 15 heavy (non-hydrogen) atoms. The van der Waals surface area contributed by atoms with Gasteiger partial charge in [0.15, 0.2) is 0 Å². The average Bonchev–Trinajstić information content (AvgIpc) is 2.57. The van der Waals surface area contributed by atoms with Crippen molar-refractivity contribution in [2.45, 2.75) is 13.0 Å². The number of nitriles is 1. The van der Waals surface area contributed by atoms with Crippen LogP contribution in [0.15, 0.2) is 23.0 Å². The maximum absolute atomic E-state index is 11.0. The molecule has 0 bridgehead atoms. The second-order valence-electron chi connectivity index (χ2n) is 3.33. The highest BCUT2D eigenvalue weighted by molar-refractivity contribution is 5.78. The van der Waals surface area contributed by atoms with E-state index in [0.29, 0.717) is 0 Å². The van der Waals surface area contributed by atoms with Crippen molar-refractivity contribution in [2.24, 2.45) is 0 Å². The minimum Gasteiger partial charge on any atom is -0.370 e. The summed E-state index contributed by atoms with van der Waals surface area (Å²) in [4.78, 5) is 16.3. The van der Waals surface area contributed by atoms with Crippen molar-refractivity contribution in [3.8, 4) is 6.07 Å². The Kier molecular flexibility index (Phi) is 2.18. The zero-order valence-corrected chi connectivity index (χ0v) is 8.16. The highest BCUT2D eigenvalue weighted by Gasteiger charge is 2.02. The van der Waals surface area contributed by atoms with E-state index in [0.717, 1.165) is 16.7 Å². The number of hydrogen-bond acceptors (Lipinski definition) is 3. The van der Waals surface area contributed by atoms with Gasteiger partial charge in [-0.05, 0) is 25.1 Å². The maximum atomic E-state index is 11.0. The van der Waals surface area contributed by atoms with E-state index in [4.69, 9.17) is 5.26 Å². The van der Waals surface area contributed by atoms with E-state index in [2.05, 4.69) is 21.4 Å². The summed E-state index contributed by atoms with van der Waals surface area (Å²) in [5.74, 6) is 0. The van der Waals surface area contributed by atoms with E-state index in [9.17, 15) is 4.79 Å². The number of anilines is 1. The van der Waals surface area contributed by atoms with E-state index in [1.54, 1.807) is 19.1 Å². The van der Waals surface area contributed by atoms with Gasteiger partial charge in [-0.25, -0.2) is 4.79 Å². The second-order valence-corrected chi connectivity index (χ2v) is 3.33. The highest BCUT2D eigenvalue weighted by atomic mass is 16.1. The molecule has 0 amide bonds. The molecule has 1 heterocycles. The zero-order valence-electron chi connectivity index (χ0n) is 8.16. The molecule has 1 aromatic carbocycles. The van der Waals surface area contributed by atoms with Crippen molar-refractivity contribution >= 4 is 16.7 Å². The Morgan fingerprint density at radius 1 is 1.40 bits per heavy atom. The van der Waals surface area contributed by atoms with Crippen molar-refractivity contribution < 1.29 is 0 Å². The fraction of sp³-hybridized carbons (Fsp3) is 0.200. The van der Waals surface area contributed by atoms with Crippen LogP contribution in [-0.2, 0) is 0 Å². The molecule has 0 radical (unpaired) electrons. The molecule has 2 rings (SSSR count). The molecule has 0 aliphatic heterocycles. The SMILES string of the molecule is CC(C#N)Nc1ccc2[nH]c(=O)[nH]c2c1. The lowest BCUT2D eigenvalue weighted by Gasteiger charge is -2.06. The highest BCUT2D eigenvalue weighted by Crippen LogP contribution is 2.14. The normalized spacial score (nSPS) is 12.3. The number of imidazole rings is 1. The molecule has 5 nitrogen and oxygen atoms in total. The fourth-order valence-corrected chi connectivity index (χ4v) is 1.40. The Morgan fingerprint density at radius 3 is 2.87 bits per heavy atom. The molecule has 5 heteroatoms. The van der Waals surface area contributed by atoms with Crippen molar-refractivity contribution in [1.82, 2.24) is 9.97 Å². The zero-order chi connectivity index (χ0) is 10.8. The van der Waals surface area contributed by atoms with Crippen molar-refractivity contribution in [3.05, 3.63) is 28.7 Å². The molecule has 1 unspecified atom stereocenters. The Balaban J connectivity index is 2.39. The van der Waals surface area contributed by atoms with Crippen LogP contribution >= 0.6 is 0 Å². The lowest BCUT2D eigenvalue weighted by atomic mass is 10.2. The van der Waals surface area contributed by atoms with Gasteiger partial charge >= 0.3 is 5.69 Å². The van der Waals surface area contributed by atoms with E-state index in [1.807, 2.05) is 6.07 Å². The quantitative estimate of drug-likeness (QED) is 0.683. The summed E-state index contributed by atoms with van der Waals surface area (Å²) >= 11 is 0. The largest absolute Gasteiger partial charge is 0.370 e. The number of aromatic nitrogens is 2. The molecule has 1 atom stereocenters. The van der Waals surface area contributed by atoms with E-state index in [1.165, 1.54) is 0 Å². The summed E-state index contributed by atoms with van der Waals surface area (Å²) in [6.45, 7) is 1.77. The summed E-state index contributed by atoms with van der Waals surface area (Å²) in [5, 5.41) is 11.6. The average molecular weight is 202 g/mol. The lowest BCUT2D eigenvalue weighted by Crippen LogP contribution is -2.11. The molecule has 0 spiro atoms. The van der Waals surface area contributed by atoms with Gasteiger partial charge in [0.1, 0.15) is 6.04 Å². The second kappa shape index (κ2) is 3.50. The third-order valence-corrected chi connectivity index (χ3v) is 2.09. The van der Waals surface area contributed by atoms with Gasteiger partial charge in [0.25, 0.3) is 0 Å². The number of nitrogens with zero attached hydrogens (tertiary/aromatic N) is 1. The van der Waals surface area contributed by atoms with Gasteiger partial charge in [-0.1, -0.05) is 0 Å². The van der Waals surface area contributed by atoms with Gasteiger partial charge in [0.2, 0.25) is 0 Å². The molecule has 0 saturated heterocycles. The van der Waals surface area contributed by atoms with Gasteiger partial charge in [0.05, 0.1) is 17.1 Å². The van der Waals surface area contributed by atoms with Crippen LogP contribution in [0.3, 0.4) is 0 Å². The monoisotopic (exact) mass is 202 g/mol. The molecule has 0 saturated carbocycles. The van der Waals surface area contributed by atoms with Crippen LogP contribution in [0, 0.1) is 11.3 Å². The van der Waals surface area contributed by atoms with Crippen LogP contribution in [0.1, 0.15) is 6.92 Å². The molecular formula is C10H10N4O. The number of H-pyrrole nitrogens is 2. The summed E-state index contributed by atoms with van der Waals surface area (Å²) in [6, 6.07) is 7.22. The van der Waals surface area contributed by atoms with Crippen LogP contribution in [0.4, 0.5) is 5.69 Å². The number of benzene rings is 1. The third-order valence-electron chi connectivity index (χ3n) is 2.09. The molecule has 0 aliphatic carbocycles. The lowest BCUT2D eigenvalue weighted by molar-refractivity contribution is 1.01. The molecule has 0 aliphatic rings. The summed E-state index contributed by atoms with van der Waals surface area (Å²) in [6.07, 6.45) is 0. The van der Waals surface area contributed by atoms with Gasteiger partial charge in [-0.3, -0.25) is 0 Å². The fourth-order valence-electron chi connectivity index (χ4n) is 1.40. The number of nitrogens with one attached hydrogen (secondary N) is 3. The van der Waals surface area contributed by atoms with Crippen LogP contribution in [-0.4, -0.2) is 16.0 Å². The first kappa shape index (κ1) is 9.34. The van der Waals surface area contributed by atoms with Crippen LogP contribution in [0.2, 0.25) is 0 Å². The maximum Gasteiger partial charge on any atom is 0.323 e. The standard InChI is InChI=1S/C10H10N4O/c1-6(5-11)12-7-2-3-8-9(4-7)14-10(15)13-8/h2-4,6,12H,1H3,(H2,13,14,15). The number of rotatable bonds is 2. The van der Waals surface area contributed by atoms with E-state index < -0.39 is 0 Å². The van der Waals surface area contributed by atoms with Gasteiger partial charge in [0, 0.05) is 5.69 Å². The van der Waals surface area contributed by atoms with Crippen LogP contribution in [0.25, 0.3) is 11.0 Å². The van der Waals surface area contributed by atoms with Crippen molar-refractivity contribution in [1.29, 1.82) is 5.26 Å². The molecule has 3 N–H and O–H groups in total. The van der Waals surface area contributed by atoms with Gasteiger partial charge in [-0.15, -0.1) is 0 Å². The minimum absolute atomic E-state index is 0.226. The van der Waals surface area contributed by atoms with E-state index in [-0.39, 0.29) is 11.7 Å². The molecular weight excluding hydrogens is 192 g/mol. The van der Waals surface area contributed by atoms with E-state index >= 15 is 0 Å². The summed E-state index contributed by atoms with van der Waals surface area (Å²) in [5.41, 5.74) is 2.08. The van der Waals surface area contributed by atoms with Crippen LogP contribution in [0.5, 0.6) is 0 Å². The number of aromatic amines is 2. The first-order valence-corrected chi connectivity index (χ1v) is 4.57. The first-order valence-electron chi connectivity index (χ1n) is 4.57. The predicted octanol–water partition coefficient (Wildman–Crippen LogP) is 1.18. The Morgan fingerprint density at radius 2 is 2.13 bits per heavy atom. The molecule has 1 aromatic heterocycles. The Labute approximate surface area is 85.7 Å². The summed E-state index contributed by atoms with van der Waals surface area (Å²) < 4.78 is 0. The van der Waals surface area contributed by atoms with Gasteiger partial charge < -0.3 is 15.3 Å². The smallest absolute Gasteiger partial charge is 0.323 e. The first-order chi connectivity index (χ1) is 7.19. The van der Waals surface area contributed by atoms with Crippen LogP contribution < -0.4 is 11.0 Å². The van der Waals surface area contributed by atoms with Gasteiger partial charge in [-0.2, -0.15) is 5.26 Å². The number of hydrogen-bond donors (Lipinski definition) is 3. The minimum atomic E-state index is -0.256. The topological polar surface area (TPSA) is 84.5 Å². The predicted molar refractivity (Wildman–Crippen MR) is 57.6 cm³/mol. The molecule has 2 aromatic rings. The molecule has 0 fully saturated rings. The summed E-state index contributed by atoms with van der Waals surface area (Å²) in [7, 11) is 0. The number of fused-ring (bicyclic) bond motifs is 1. The Hall–Kier alpha value is -2.22. The van der Waals surface area contributed by atoms with Crippen molar-refractivity contribution in [2.75, 3.05) is 5.32 Å². The van der Waals surface area contributed by atoms with Crippen molar-refractivity contribution in [3.63, 3.8) is 0 Å². The Bertz CT molecular complexity index is 575. The molecule has 76 valence electrons. The third kappa shape index (κ3) is 1.83.